The van der Waals surface area contributed by atoms with E-state index < -0.39 is 5.97 Å². The first-order valence-electron chi connectivity index (χ1n) is 6.73. The lowest BCUT2D eigenvalue weighted by Gasteiger charge is -2.13. The minimum atomic E-state index is -0.452. The highest BCUT2D eigenvalue weighted by Crippen LogP contribution is 2.31. The van der Waals surface area contributed by atoms with Crippen LogP contribution in [-0.4, -0.2) is 24.7 Å². The number of benzene rings is 1. The number of carbonyl (C=O) groups is 1. The topological polar surface area (TPSA) is 48.4 Å². The van der Waals surface area contributed by atoms with Crippen LogP contribution < -0.4 is 4.74 Å². The molecule has 0 atom stereocenters. The van der Waals surface area contributed by atoms with Crippen molar-refractivity contribution in [3.05, 3.63) is 35.5 Å². The predicted molar refractivity (Wildman–Crippen MR) is 78.3 cm³/mol. The Labute approximate surface area is 118 Å². The summed E-state index contributed by atoms with van der Waals surface area (Å²) in [6, 6.07) is 7.61. The van der Waals surface area contributed by atoms with Crippen molar-refractivity contribution in [3.8, 4) is 5.75 Å². The van der Waals surface area contributed by atoms with Gasteiger partial charge in [0, 0.05) is 11.5 Å². The molecule has 0 saturated heterocycles. The number of carbonyl (C=O) groups excluding carboxylic acids is 1. The Kier molecular flexibility index (Phi) is 4.23. The van der Waals surface area contributed by atoms with Gasteiger partial charge in [0.1, 0.15) is 5.75 Å². The highest BCUT2D eigenvalue weighted by Gasteiger charge is 2.16. The second kappa shape index (κ2) is 5.90. The zero-order valence-electron chi connectivity index (χ0n) is 12.3. The third-order valence-corrected chi connectivity index (χ3v) is 3.15. The first kappa shape index (κ1) is 14.3. The van der Waals surface area contributed by atoms with Gasteiger partial charge in [-0.05, 0) is 24.5 Å². The van der Waals surface area contributed by atoms with Crippen molar-refractivity contribution < 1.29 is 14.3 Å². The summed E-state index contributed by atoms with van der Waals surface area (Å²) in [6.07, 6.45) is 0. The van der Waals surface area contributed by atoms with Crippen LogP contribution in [-0.2, 0) is 4.74 Å². The van der Waals surface area contributed by atoms with Crippen LogP contribution in [0.15, 0.2) is 24.3 Å². The lowest BCUT2D eigenvalue weighted by atomic mass is 9.99. The molecule has 1 aromatic carbocycles. The van der Waals surface area contributed by atoms with Gasteiger partial charge in [-0.25, -0.2) is 9.78 Å². The molecule has 0 saturated carbocycles. The van der Waals surface area contributed by atoms with Crippen molar-refractivity contribution >= 4 is 16.9 Å². The van der Waals surface area contributed by atoms with E-state index in [4.69, 9.17) is 9.47 Å². The van der Waals surface area contributed by atoms with Crippen LogP contribution in [0.4, 0.5) is 0 Å². The number of esters is 1. The van der Waals surface area contributed by atoms with Gasteiger partial charge in [0.2, 0.25) is 0 Å². The van der Waals surface area contributed by atoms with E-state index in [9.17, 15) is 4.79 Å². The Morgan fingerprint density at radius 2 is 2.10 bits per heavy atom. The van der Waals surface area contributed by atoms with Gasteiger partial charge in [0.25, 0.3) is 0 Å². The largest absolute Gasteiger partial charge is 0.493 e. The van der Waals surface area contributed by atoms with E-state index in [1.807, 2.05) is 25.1 Å². The Morgan fingerprint density at radius 3 is 2.70 bits per heavy atom. The molecule has 4 heteroatoms. The van der Waals surface area contributed by atoms with E-state index >= 15 is 0 Å². The minimum Gasteiger partial charge on any atom is -0.493 e. The number of aromatic nitrogens is 1. The third-order valence-electron chi connectivity index (χ3n) is 3.15. The van der Waals surface area contributed by atoms with Crippen molar-refractivity contribution in [2.45, 2.75) is 26.7 Å². The van der Waals surface area contributed by atoms with Gasteiger partial charge in [-0.2, -0.15) is 0 Å². The van der Waals surface area contributed by atoms with Gasteiger partial charge in [0.05, 0.1) is 19.2 Å². The van der Waals surface area contributed by atoms with Crippen LogP contribution >= 0.6 is 0 Å². The Hall–Kier alpha value is -2.10. The lowest BCUT2D eigenvalue weighted by molar-refractivity contribution is 0.0594. The summed E-state index contributed by atoms with van der Waals surface area (Å²) in [5, 5.41) is 0.922. The summed E-state index contributed by atoms with van der Waals surface area (Å²) in [7, 11) is 1.35. The van der Waals surface area contributed by atoms with E-state index in [2.05, 4.69) is 18.8 Å². The number of ether oxygens (including phenoxy) is 2. The zero-order valence-corrected chi connectivity index (χ0v) is 12.3. The van der Waals surface area contributed by atoms with Crippen LogP contribution in [0.3, 0.4) is 0 Å². The molecule has 0 aliphatic rings. The second-order valence-corrected chi connectivity index (χ2v) is 4.83. The maximum atomic E-state index is 11.8. The van der Waals surface area contributed by atoms with Crippen molar-refractivity contribution in [2.24, 2.45) is 0 Å². The van der Waals surface area contributed by atoms with Crippen molar-refractivity contribution in [1.82, 2.24) is 4.98 Å². The van der Waals surface area contributed by atoms with Gasteiger partial charge in [-0.1, -0.05) is 26.0 Å². The summed E-state index contributed by atoms with van der Waals surface area (Å²) in [6.45, 7) is 6.64. The third kappa shape index (κ3) is 2.59. The van der Waals surface area contributed by atoms with Gasteiger partial charge < -0.3 is 9.47 Å². The average Bonchev–Trinajstić information content (AvgIpc) is 2.45. The van der Waals surface area contributed by atoms with Crippen LogP contribution in [0.2, 0.25) is 0 Å². The Morgan fingerprint density at radius 1 is 1.35 bits per heavy atom. The average molecular weight is 273 g/mol. The smallest absolute Gasteiger partial charge is 0.356 e. The summed E-state index contributed by atoms with van der Waals surface area (Å²) in [4.78, 5) is 16.2. The molecule has 0 aliphatic heterocycles. The monoisotopic (exact) mass is 273 g/mol. The molecule has 1 heterocycles. The number of hydrogen-bond acceptors (Lipinski definition) is 4. The van der Waals surface area contributed by atoms with Crippen LogP contribution in [0.5, 0.6) is 5.75 Å². The van der Waals surface area contributed by atoms with E-state index in [-0.39, 0.29) is 5.69 Å². The van der Waals surface area contributed by atoms with E-state index in [1.54, 1.807) is 6.07 Å². The van der Waals surface area contributed by atoms with E-state index in [0.29, 0.717) is 18.3 Å². The van der Waals surface area contributed by atoms with Crippen molar-refractivity contribution in [3.63, 3.8) is 0 Å². The van der Waals surface area contributed by atoms with Crippen LogP contribution in [0.25, 0.3) is 10.9 Å². The maximum absolute atomic E-state index is 11.8. The second-order valence-electron chi connectivity index (χ2n) is 4.83. The molecule has 0 spiro atoms. The Balaban J connectivity index is 2.75. The molecule has 2 rings (SSSR count). The van der Waals surface area contributed by atoms with Gasteiger partial charge in [0.15, 0.2) is 5.69 Å². The molecule has 4 nitrogen and oxygen atoms in total. The number of nitrogens with zero attached hydrogens (tertiary/aromatic N) is 1. The van der Waals surface area contributed by atoms with Gasteiger partial charge in [-0.3, -0.25) is 0 Å². The number of hydrogen-bond donors (Lipinski definition) is 0. The number of fused-ring (bicyclic) bond motifs is 1. The first-order valence-corrected chi connectivity index (χ1v) is 6.73. The van der Waals surface area contributed by atoms with E-state index in [1.165, 1.54) is 7.11 Å². The Bertz CT molecular complexity index is 635. The molecular formula is C16H19NO3. The van der Waals surface area contributed by atoms with E-state index in [0.717, 1.165) is 16.5 Å². The van der Waals surface area contributed by atoms with Crippen molar-refractivity contribution in [2.75, 3.05) is 13.7 Å². The standard InChI is InChI=1S/C16H19NO3/c1-5-20-14-9-13(16(18)19-4)17-15-11(10(2)3)7-6-8-12(14)15/h6-10H,5H2,1-4H3. The molecule has 0 N–H and O–H groups in total. The fourth-order valence-corrected chi connectivity index (χ4v) is 2.19. The van der Waals surface area contributed by atoms with Crippen LogP contribution in [0.1, 0.15) is 42.7 Å². The molecule has 0 unspecified atom stereocenters. The minimum absolute atomic E-state index is 0.275. The normalized spacial score (nSPS) is 10.8. The molecule has 20 heavy (non-hydrogen) atoms. The maximum Gasteiger partial charge on any atom is 0.356 e. The SMILES string of the molecule is CCOc1cc(C(=O)OC)nc2c(C(C)C)cccc12. The summed E-state index contributed by atoms with van der Waals surface area (Å²) >= 11 is 0. The molecule has 0 amide bonds. The number of methoxy groups -OCH3 is 1. The van der Waals surface area contributed by atoms with Gasteiger partial charge >= 0.3 is 5.97 Å². The fraction of sp³-hybridized carbons (Fsp3) is 0.375. The van der Waals surface area contributed by atoms with Gasteiger partial charge in [-0.15, -0.1) is 0 Å². The molecule has 1 aromatic heterocycles. The number of pyridine rings is 1. The number of rotatable bonds is 4. The molecule has 0 bridgehead atoms. The highest BCUT2D eigenvalue weighted by molar-refractivity contribution is 5.95. The molecule has 106 valence electrons. The van der Waals surface area contributed by atoms with Crippen molar-refractivity contribution in [1.29, 1.82) is 0 Å². The molecule has 2 aromatic rings. The number of para-hydroxylation sites is 1. The highest BCUT2D eigenvalue weighted by atomic mass is 16.5. The predicted octanol–water partition coefficient (Wildman–Crippen LogP) is 3.54. The summed E-state index contributed by atoms with van der Waals surface area (Å²) < 4.78 is 10.4. The summed E-state index contributed by atoms with van der Waals surface area (Å²) in [5.41, 5.74) is 2.17. The summed E-state index contributed by atoms with van der Waals surface area (Å²) in [5.74, 6) is 0.528. The molecule has 0 radical (unpaired) electrons. The zero-order chi connectivity index (χ0) is 14.7. The lowest BCUT2D eigenvalue weighted by Crippen LogP contribution is -2.07. The first-order chi connectivity index (χ1) is 9.58. The molecule has 0 fully saturated rings. The fourth-order valence-electron chi connectivity index (χ4n) is 2.19. The molecule has 0 aliphatic carbocycles. The van der Waals surface area contributed by atoms with Crippen LogP contribution in [0, 0.1) is 0 Å². The molecular weight excluding hydrogens is 254 g/mol. The quantitative estimate of drug-likeness (QED) is 0.799.